The van der Waals surface area contributed by atoms with Crippen LogP contribution in [-0.4, -0.2) is 54.1 Å². The van der Waals surface area contributed by atoms with Crippen LogP contribution in [-0.2, 0) is 18.6 Å². The van der Waals surface area contributed by atoms with Crippen LogP contribution in [0.5, 0.6) is 0 Å². The SMILES string of the molecule is CO[C@H]1[C@H](OC)[C@H](O[Si](C)(c2ccccc2)c2ccccc2)C[C@H]1OC. The van der Waals surface area contributed by atoms with Gasteiger partial charge in [-0.25, -0.2) is 0 Å². The Kier molecular flexibility index (Phi) is 6.27. The Morgan fingerprint density at radius 3 is 1.58 bits per heavy atom. The van der Waals surface area contributed by atoms with Crippen molar-refractivity contribution in [2.45, 2.75) is 37.4 Å². The fourth-order valence-electron chi connectivity index (χ4n) is 3.96. The van der Waals surface area contributed by atoms with Crippen LogP contribution in [0.4, 0.5) is 0 Å². The topological polar surface area (TPSA) is 36.9 Å². The van der Waals surface area contributed by atoms with Crippen molar-refractivity contribution in [3.05, 3.63) is 60.7 Å². The third-order valence-corrected chi connectivity index (χ3v) is 9.05. The highest BCUT2D eigenvalue weighted by Crippen LogP contribution is 2.31. The van der Waals surface area contributed by atoms with Gasteiger partial charge in [-0.05, 0) is 16.9 Å². The van der Waals surface area contributed by atoms with Crippen molar-refractivity contribution in [3.63, 3.8) is 0 Å². The summed E-state index contributed by atoms with van der Waals surface area (Å²) in [6.45, 7) is 2.26. The van der Waals surface area contributed by atoms with Gasteiger partial charge in [-0.1, -0.05) is 60.7 Å². The lowest BCUT2D eigenvalue weighted by molar-refractivity contribution is -0.0856. The Labute approximate surface area is 157 Å². The van der Waals surface area contributed by atoms with Gasteiger partial charge in [-0.15, -0.1) is 0 Å². The first kappa shape index (κ1) is 19.3. The predicted octanol–water partition coefficient (Wildman–Crippen LogP) is 2.21. The summed E-state index contributed by atoms with van der Waals surface area (Å²) in [7, 11) is 2.74. The maximum absolute atomic E-state index is 6.89. The van der Waals surface area contributed by atoms with Gasteiger partial charge < -0.3 is 18.6 Å². The van der Waals surface area contributed by atoms with Crippen LogP contribution in [0.1, 0.15) is 6.42 Å². The summed E-state index contributed by atoms with van der Waals surface area (Å²) in [6.07, 6.45) is 0.381. The predicted molar refractivity (Wildman–Crippen MR) is 106 cm³/mol. The molecule has 4 atom stereocenters. The zero-order valence-electron chi connectivity index (χ0n) is 15.9. The van der Waals surface area contributed by atoms with Crippen molar-refractivity contribution < 1.29 is 18.6 Å². The molecule has 2 aromatic rings. The molecule has 1 aliphatic rings. The van der Waals surface area contributed by atoms with E-state index in [0.29, 0.717) is 0 Å². The Balaban J connectivity index is 1.96. The fourth-order valence-corrected chi connectivity index (χ4v) is 7.05. The van der Waals surface area contributed by atoms with Crippen LogP contribution >= 0.6 is 0 Å². The fraction of sp³-hybridized carbons (Fsp3) is 0.429. The lowest BCUT2D eigenvalue weighted by Crippen LogP contribution is -2.61. The van der Waals surface area contributed by atoms with Crippen molar-refractivity contribution in [2.75, 3.05) is 21.3 Å². The highest BCUT2D eigenvalue weighted by atomic mass is 28.4. The highest BCUT2D eigenvalue weighted by molar-refractivity contribution is 6.96. The second-order valence-corrected chi connectivity index (χ2v) is 10.3. The molecule has 0 unspecified atom stereocenters. The first-order chi connectivity index (χ1) is 12.6. The van der Waals surface area contributed by atoms with Gasteiger partial charge in [0.05, 0.1) is 12.2 Å². The summed E-state index contributed by atoms with van der Waals surface area (Å²) in [5.74, 6) is 0. The Morgan fingerprint density at radius 1 is 0.692 bits per heavy atom. The first-order valence-electron chi connectivity index (χ1n) is 9.01. The monoisotopic (exact) mass is 372 g/mol. The lowest BCUT2D eigenvalue weighted by atomic mass is 10.2. The quantitative estimate of drug-likeness (QED) is 0.699. The Bertz CT molecular complexity index is 639. The highest BCUT2D eigenvalue weighted by Gasteiger charge is 2.49. The van der Waals surface area contributed by atoms with E-state index >= 15 is 0 Å². The molecule has 1 aliphatic carbocycles. The van der Waals surface area contributed by atoms with Crippen molar-refractivity contribution in [3.8, 4) is 0 Å². The van der Waals surface area contributed by atoms with Crippen LogP contribution < -0.4 is 10.4 Å². The summed E-state index contributed by atoms with van der Waals surface area (Å²) in [5.41, 5.74) is 0. The van der Waals surface area contributed by atoms with E-state index in [1.807, 2.05) is 12.1 Å². The largest absolute Gasteiger partial charge is 0.402 e. The Hall–Kier alpha value is -1.50. The van der Waals surface area contributed by atoms with Crippen molar-refractivity contribution in [2.24, 2.45) is 0 Å². The van der Waals surface area contributed by atoms with Crippen LogP contribution in [0.25, 0.3) is 0 Å². The minimum Gasteiger partial charge on any atom is -0.402 e. The number of benzene rings is 2. The van der Waals surface area contributed by atoms with E-state index in [4.69, 9.17) is 18.6 Å². The molecular formula is C21H28O4Si. The van der Waals surface area contributed by atoms with Gasteiger partial charge >= 0.3 is 0 Å². The van der Waals surface area contributed by atoms with Crippen molar-refractivity contribution in [1.29, 1.82) is 0 Å². The number of hydrogen-bond donors (Lipinski definition) is 0. The van der Waals surface area contributed by atoms with E-state index in [1.54, 1.807) is 21.3 Å². The average Bonchev–Trinajstić information content (AvgIpc) is 3.05. The molecule has 3 rings (SSSR count). The molecule has 1 fully saturated rings. The van der Waals surface area contributed by atoms with Crippen LogP contribution in [0.3, 0.4) is 0 Å². The van der Waals surface area contributed by atoms with Gasteiger partial charge in [-0.3, -0.25) is 0 Å². The number of rotatable bonds is 7. The van der Waals surface area contributed by atoms with Crippen molar-refractivity contribution >= 4 is 18.7 Å². The molecule has 1 saturated carbocycles. The van der Waals surface area contributed by atoms with E-state index in [0.717, 1.165) is 6.42 Å². The molecule has 0 aromatic heterocycles. The zero-order valence-corrected chi connectivity index (χ0v) is 16.9. The minimum absolute atomic E-state index is 0.0280. The minimum atomic E-state index is -2.40. The van der Waals surface area contributed by atoms with Gasteiger partial charge in [0.25, 0.3) is 8.32 Å². The van der Waals surface area contributed by atoms with Gasteiger partial charge in [0, 0.05) is 27.8 Å². The van der Waals surface area contributed by atoms with E-state index in [1.165, 1.54) is 10.4 Å². The van der Waals surface area contributed by atoms with Gasteiger partial charge in [-0.2, -0.15) is 0 Å². The van der Waals surface area contributed by atoms with Gasteiger partial charge in [0.1, 0.15) is 12.2 Å². The standard InChI is InChI=1S/C21H28O4Si/c1-22-18-15-19(21(24-3)20(18)23-2)25-26(4,16-11-7-5-8-12-16)17-13-9-6-10-14-17/h5-14,18-21H,15H2,1-4H3/t18-,19-,20-,21-/m1/s1. The third kappa shape index (κ3) is 3.63. The number of ether oxygens (including phenoxy) is 3. The van der Waals surface area contributed by atoms with Gasteiger partial charge in [0.2, 0.25) is 0 Å². The summed E-state index contributed by atoms with van der Waals surface area (Å²) in [5, 5.41) is 2.49. The molecule has 5 heteroatoms. The summed E-state index contributed by atoms with van der Waals surface area (Å²) in [6, 6.07) is 21.0. The maximum Gasteiger partial charge on any atom is 0.253 e. The lowest BCUT2D eigenvalue weighted by Gasteiger charge is -2.34. The van der Waals surface area contributed by atoms with Crippen molar-refractivity contribution in [1.82, 2.24) is 0 Å². The zero-order chi connectivity index (χ0) is 18.6. The van der Waals surface area contributed by atoms with E-state index < -0.39 is 8.32 Å². The normalized spacial score (nSPS) is 26.2. The molecule has 26 heavy (non-hydrogen) atoms. The molecule has 140 valence electrons. The van der Waals surface area contributed by atoms with Gasteiger partial charge in [0.15, 0.2) is 0 Å². The smallest absolute Gasteiger partial charge is 0.253 e. The number of hydrogen-bond acceptors (Lipinski definition) is 4. The van der Waals surface area contributed by atoms with E-state index in [9.17, 15) is 0 Å². The van der Waals surface area contributed by atoms with E-state index in [-0.39, 0.29) is 24.4 Å². The molecule has 4 nitrogen and oxygen atoms in total. The maximum atomic E-state index is 6.89. The summed E-state index contributed by atoms with van der Waals surface area (Å²) >= 11 is 0. The van der Waals surface area contributed by atoms with Crippen LogP contribution in [0.15, 0.2) is 60.7 Å². The molecule has 0 heterocycles. The molecule has 0 aliphatic heterocycles. The van der Waals surface area contributed by atoms with Crippen LogP contribution in [0, 0.1) is 0 Å². The Morgan fingerprint density at radius 2 is 1.15 bits per heavy atom. The second-order valence-electron chi connectivity index (χ2n) is 6.83. The molecule has 0 saturated heterocycles. The molecule has 0 N–H and O–H groups in total. The molecule has 0 bridgehead atoms. The molecular weight excluding hydrogens is 344 g/mol. The first-order valence-corrected chi connectivity index (χ1v) is 11.4. The molecule has 0 radical (unpaired) electrons. The molecule has 2 aromatic carbocycles. The summed E-state index contributed by atoms with van der Waals surface area (Å²) in [4.78, 5) is 0. The molecule has 0 spiro atoms. The van der Waals surface area contributed by atoms with Crippen LogP contribution in [0.2, 0.25) is 6.55 Å². The summed E-state index contributed by atoms with van der Waals surface area (Å²) < 4.78 is 24.0. The molecule has 0 amide bonds. The average molecular weight is 373 g/mol. The number of methoxy groups -OCH3 is 3. The van der Waals surface area contributed by atoms with E-state index in [2.05, 4.69) is 55.1 Å². The second kappa shape index (κ2) is 8.46. The third-order valence-electron chi connectivity index (χ3n) is 5.40.